The van der Waals surface area contributed by atoms with Crippen molar-refractivity contribution in [1.82, 2.24) is 14.7 Å². The SMILES string of the molecule is O=C(c1ccc(=O)n(-c2ccccc2)n1)N1CCC(C(O)c2ccccc2)CC1. The third kappa shape index (κ3) is 4.12. The topological polar surface area (TPSA) is 75.4 Å². The monoisotopic (exact) mass is 389 g/mol. The van der Waals surface area contributed by atoms with Crippen LogP contribution in [0.4, 0.5) is 0 Å². The molecule has 1 amide bonds. The Morgan fingerprint density at radius 3 is 2.21 bits per heavy atom. The van der Waals surface area contributed by atoms with E-state index < -0.39 is 6.10 Å². The predicted molar refractivity (Wildman–Crippen MR) is 110 cm³/mol. The average molecular weight is 389 g/mol. The molecule has 0 radical (unpaired) electrons. The summed E-state index contributed by atoms with van der Waals surface area (Å²) in [7, 11) is 0. The number of aromatic nitrogens is 2. The van der Waals surface area contributed by atoms with Gasteiger partial charge in [-0.1, -0.05) is 48.5 Å². The Balaban J connectivity index is 1.46. The van der Waals surface area contributed by atoms with E-state index in [4.69, 9.17) is 0 Å². The highest BCUT2D eigenvalue weighted by Gasteiger charge is 2.29. The van der Waals surface area contributed by atoms with E-state index in [1.807, 2.05) is 48.5 Å². The number of aliphatic hydroxyl groups excluding tert-OH is 1. The zero-order valence-corrected chi connectivity index (χ0v) is 16.0. The molecule has 1 atom stereocenters. The summed E-state index contributed by atoms with van der Waals surface area (Å²) in [5, 5.41) is 14.9. The van der Waals surface area contributed by atoms with Crippen LogP contribution >= 0.6 is 0 Å². The molecule has 1 N–H and O–H groups in total. The third-order valence-corrected chi connectivity index (χ3v) is 5.43. The fourth-order valence-electron chi connectivity index (χ4n) is 3.78. The first-order valence-electron chi connectivity index (χ1n) is 9.81. The smallest absolute Gasteiger partial charge is 0.274 e. The van der Waals surface area contributed by atoms with Crippen LogP contribution in [0, 0.1) is 5.92 Å². The maximum Gasteiger partial charge on any atom is 0.274 e. The standard InChI is InChI=1S/C23H23N3O3/c27-21-12-11-20(24-26(21)19-9-5-2-6-10-19)23(29)25-15-13-18(14-16-25)22(28)17-7-3-1-4-8-17/h1-12,18,22,28H,13-16H2. The number of hydrogen-bond donors (Lipinski definition) is 1. The Kier molecular flexibility index (Phi) is 5.53. The Labute approximate surface area is 169 Å². The highest BCUT2D eigenvalue weighted by Crippen LogP contribution is 2.30. The van der Waals surface area contributed by atoms with Crippen molar-refractivity contribution in [1.29, 1.82) is 0 Å². The van der Waals surface area contributed by atoms with E-state index in [2.05, 4.69) is 5.10 Å². The minimum atomic E-state index is -0.522. The van der Waals surface area contributed by atoms with Crippen molar-refractivity contribution in [3.8, 4) is 5.69 Å². The van der Waals surface area contributed by atoms with Crippen LogP contribution in [0.25, 0.3) is 5.69 Å². The quantitative estimate of drug-likeness (QED) is 0.745. The van der Waals surface area contributed by atoms with Gasteiger partial charge in [0.25, 0.3) is 11.5 Å². The van der Waals surface area contributed by atoms with Crippen LogP contribution in [0.15, 0.2) is 77.6 Å². The van der Waals surface area contributed by atoms with Crippen LogP contribution in [-0.2, 0) is 0 Å². The zero-order chi connectivity index (χ0) is 20.2. The van der Waals surface area contributed by atoms with Crippen molar-refractivity contribution < 1.29 is 9.90 Å². The normalized spacial score (nSPS) is 15.8. The molecule has 3 aromatic rings. The van der Waals surface area contributed by atoms with Crippen molar-refractivity contribution in [2.24, 2.45) is 5.92 Å². The molecule has 1 aliphatic heterocycles. The molecule has 148 valence electrons. The molecule has 6 nitrogen and oxygen atoms in total. The molecule has 0 spiro atoms. The molecule has 1 saturated heterocycles. The van der Waals surface area contributed by atoms with Crippen LogP contribution in [0.1, 0.15) is 35.0 Å². The maximum atomic E-state index is 12.9. The molecule has 1 aromatic heterocycles. The van der Waals surface area contributed by atoms with Crippen molar-refractivity contribution in [2.45, 2.75) is 18.9 Å². The van der Waals surface area contributed by atoms with Crippen molar-refractivity contribution in [3.63, 3.8) is 0 Å². The largest absolute Gasteiger partial charge is 0.388 e. The van der Waals surface area contributed by atoms with Gasteiger partial charge in [0.2, 0.25) is 0 Å². The molecule has 1 fully saturated rings. The van der Waals surface area contributed by atoms with E-state index >= 15 is 0 Å². The summed E-state index contributed by atoms with van der Waals surface area (Å²) in [4.78, 5) is 26.8. The average Bonchev–Trinajstić information content (AvgIpc) is 2.80. The molecule has 0 bridgehead atoms. The van der Waals surface area contributed by atoms with Gasteiger partial charge in [-0.15, -0.1) is 0 Å². The van der Waals surface area contributed by atoms with Crippen molar-refractivity contribution >= 4 is 5.91 Å². The second-order valence-electron chi connectivity index (χ2n) is 7.29. The summed E-state index contributed by atoms with van der Waals surface area (Å²) in [5.41, 5.74) is 1.50. The fraction of sp³-hybridized carbons (Fsp3) is 0.261. The number of benzene rings is 2. The highest BCUT2D eigenvalue weighted by atomic mass is 16.3. The number of aliphatic hydroxyl groups is 1. The molecular formula is C23H23N3O3. The molecule has 1 aliphatic rings. The number of rotatable bonds is 4. The summed E-state index contributed by atoms with van der Waals surface area (Å²) in [6, 6.07) is 21.5. The van der Waals surface area contributed by atoms with Gasteiger partial charge in [0.15, 0.2) is 0 Å². The predicted octanol–water partition coefficient (Wildman–Crippen LogP) is 2.82. The second-order valence-corrected chi connectivity index (χ2v) is 7.29. The van der Waals surface area contributed by atoms with E-state index in [-0.39, 0.29) is 23.1 Å². The molecule has 2 heterocycles. The number of para-hydroxylation sites is 1. The molecule has 2 aromatic carbocycles. The summed E-state index contributed by atoms with van der Waals surface area (Å²) >= 11 is 0. The lowest BCUT2D eigenvalue weighted by atomic mass is 9.87. The van der Waals surface area contributed by atoms with Gasteiger partial charge in [0.1, 0.15) is 5.69 Å². The maximum absolute atomic E-state index is 12.9. The van der Waals surface area contributed by atoms with Crippen molar-refractivity contribution in [3.05, 3.63) is 94.4 Å². The minimum absolute atomic E-state index is 0.118. The molecule has 4 rings (SSSR count). The molecule has 1 unspecified atom stereocenters. The Morgan fingerprint density at radius 2 is 1.55 bits per heavy atom. The molecule has 0 saturated carbocycles. The van der Waals surface area contributed by atoms with E-state index in [9.17, 15) is 14.7 Å². The van der Waals surface area contributed by atoms with E-state index in [0.29, 0.717) is 18.8 Å². The summed E-state index contributed by atoms with van der Waals surface area (Å²) in [5.74, 6) is -0.0741. The van der Waals surface area contributed by atoms with E-state index in [1.165, 1.54) is 16.8 Å². The van der Waals surface area contributed by atoms with Gasteiger partial charge in [-0.2, -0.15) is 9.78 Å². The lowest BCUT2D eigenvalue weighted by Gasteiger charge is -2.34. The van der Waals surface area contributed by atoms with Crippen molar-refractivity contribution in [2.75, 3.05) is 13.1 Å². The number of likely N-dealkylation sites (tertiary alicyclic amines) is 1. The number of carbonyl (C=O) groups excluding carboxylic acids is 1. The molecule has 0 aliphatic carbocycles. The van der Waals surface area contributed by atoms with Crippen LogP contribution in [0.2, 0.25) is 0 Å². The first-order chi connectivity index (χ1) is 14.1. The van der Waals surface area contributed by atoms with Gasteiger partial charge in [0.05, 0.1) is 11.8 Å². The number of nitrogens with zero attached hydrogens (tertiary/aromatic N) is 3. The fourth-order valence-corrected chi connectivity index (χ4v) is 3.78. The number of amides is 1. The lowest BCUT2D eigenvalue weighted by Crippen LogP contribution is -2.40. The van der Waals surface area contributed by atoms with Gasteiger partial charge in [-0.05, 0) is 42.5 Å². The third-order valence-electron chi connectivity index (χ3n) is 5.43. The zero-order valence-electron chi connectivity index (χ0n) is 16.0. The van der Waals surface area contributed by atoms with Crippen LogP contribution in [0.5, 0.6) is 0 Å². The van der Waals surface area contributed by atoms with Crippen LogP contribution < -0.4 is 5.56 Å². The van der Waals surface area contributed by atoms with Gasteiger partial charge in [-0.3, -0.25) is 9.59 Å². The molecular weight excluding hydrogens is 366 g/mol. The van der Waals surface area contributed by atoms with Crippen LogP contribution in [0.3, 0.4) is 0 Å². The Bertz CT molecular complexity index is 1030. The Morgan fingerprint density at radius 1 is 0.931 bits per heavy atom. The Hall–Kier alpha value is -3.25. The van der Waals surface area contributed by atoms with E-state index in [0.717, 1.165) is 18.4 Å². The first-order valence-corrected chi connectivity index (χ1v) is 9.81. The molecule has 6 heteroatoms. The summed E-state index contributed by atoms with van der Waals surface area (Å²) in [6.45, 7) is 1.11. The summed E-state index contributed by atoms with van der Waals surface area (Å²) in [6.07, 6.45) is 0.923. The lowest BCUT2D eigenvalue weighted by molar-refractivity contribution is 0.0457. The van der Waals surface area contributed by atoms with Gasteiger partial charge >= 0.3 is 0 Å². The van der Waals surface area contributed by atoms with Crippen LogP contribution in [-0.4, -0.2) is 38.8 Å². The first kappa shape index (κ1) is 19.1. The number of piperidine rings is 1. The minimum Gasteiger partial charge on any atom is -0.388 e. The van der Waals surface area contributed by atoms with Gasteiger partial charge < -0.3 is 10.0 Å². The number of hydrogen-bond acceptors (Lipinski definition) is 4. The van der Waals surface area contributed by atoms with Gasteiger partial charge in [-0.25, -0.2) is 0 Å². The second kappa shape index (κ2) is 8.41. The molecule has 29 heavy (non-hydrogen) atoms. The highest BCUT2D eigenvalue weighted by molar-refractivity contribution is 5.92. The number of carbonyl (C=O) groups is 1. The van der Waals surface area contributed by atoms with Gasteiger partial charge in [0, 0.05) is 19.2 Å². The van der Waals surface area contributed by atoms with E-state index in [1.54, 1.807) is 17.0 Å². The summed E-state index contributed by atoms with van der Waals surface area (Å²) < 4.78 is 1.25.